The SMILES string of the molecule is Cc1cc2nc3c(=O)[nH]c(=O)nc-3n(CC(Cc3ccccc3)N(C)C)c2cc1C. The number of hydrogen-bond acceptors (Lipinski definition) is 5. The average Bonchev–Trinajstić information content (AvgIpc) is 2.70. The van der Waals surface area contributed by atoms with Gasteiger partial charge < -0.3 is 9.47 Å². The Kier molecular flexibility index (Phi) is 5.22. The van der Waals surface area contributed by atoms with Crippen LogP contribution >= 0.6 is 0 Å². The third-order valence-electron chi connectivity index (χ3n) is 5.66. The van der Waals surface area contributed by atoms with E-state index in [-0.39, 0.29) is 11.7 Å². The molecule has 4 rings (SSSR count). The number of aromatic nitrogens is 4. The van der Waals surface area contributed by atoms with E-state index in [4.69, 9.17) is 0 Å². The van der Waals surface area contributed by atoms with Gasteiger partial charge in [0.1, 0.15) is 0 Å². The summed E-state index contributed by atoms with van der Waals surface area (Å²) in [5.74, 6) is 0.319. The van der Waals surface area contributed by atoms with E-state index in [2.05, 4.69) is 38.1 Å². The van der Waals surface area contributed by atoms with E-state index in [1.807, 2.05) is 56.8 Å². The van der Waals surface area contributed by atoms with Crippen molar-refractivity contribution in [3.8, 4) is 11.5 Å². The minimum absolute atomic E-state index is 0.129. The largest absolute Gasteiger partial charge is 0.349 e. The van der Waals surface area contributed by atoms with Gasteiger partial charge >= 0.3 is 5.69 Å². The second-order valence-corrected chi connectivity index (χ2v) is 8.00. The minimum atomic E-state index is -0.657. The van der Waals surface area contributed by atoms with Crippen LogP contribution in [0.4, 0.5) is 0 Å². The summed E-state index contributed by atoms with van der Waals surface area (Å²) in [7, 11) is 4.07. The topological polar surface area (TPSA) is 83.9 Å². The highest BCUT2D eigenvalue weighted by Gasteiger charge is 2.22. The Morgan fingerprint density at radius 1 is 1.03 bits per heavy atom. The van der Waals surface area contributed by atoms with Gasteiger partial charge in [-0.3, -0.25) is 9.78 Å². The molecule has 1 atom stereocenters. The van der Waals surface area contributed by atoms with E-state index in [9.17, 15) is 9.59 Å². The van der Waals surface area contributed by atoms with Gasteiger partial charge in [0.2, 0.25) is 0 Å². The van der Waals surface area contributed by atoms with Gasteiger partial charge in [-0.15, -0.1) is 0 Å². The number of rotatable bonds is 5. The molecule has 0 aliphatic carbocycles. The number of likely N-dealkylation sites (N-methyl/N-ethyl adjacent to an activating group) is 1. The lowest BCUT2D eigenvalue weighted by atomic mass is 10.0. The van der Waals surface area contributed by atoms with Crippen molar-refractivity contribution in [3.63, 3.8) is 0 Å². The van der Waals surface area contributed by atoms with E-state index < -0.39 is 11.2 Å². The van der Waals surface area contributed by atoms with E-state index >= 15 is 0 Å². The maximum Gasteiger partial charge on any atom is 0.349 e. The number of hydrogen-bond donors (Lipinski definition) is 1. The Labute approximate surface area is 174 Å². The summed E-state index contributed by atoms with van der Waals surface area (Å²) < 4.78 is 1.97. The molecule has 0 spiro atoms. The zero-order valence-electron chi connectivity index (χ0n) is 17.6. The van der Waals surface area contributed by atoms with Crippen molar-refractivity contribution in [3.05, 3.63) is 80.0 Å². The van der Waals surface area contributed by atoms with Crippen molar-refractivity contribution in [2.45, 2.75) is 32.9 Å². The molecule has 0 aromatic heterocycles. The van der Waals surface area contributed by atoms with Gasteiger partial charge in [-0.05, 0) is 63.2 Å². The van der Waals surface area contributed by atoms with E-state index in [0.717, 1.165) is 23.1 Å². The minimum Gasteiger partial charge on any atom is -0.321 e. The predicted octanol–water partition coefficient (Wildman–Crippen LogP) is 2.37. The fourth-order valence-corrected chi connectivity index (χ4v) is 3.74. The molecule has 1 unspecified atom stereocenters. The number of benzene rings is 2. The highest BCUT2D eigenvalue weighted by Crippen LogP contribution is 2.25. The third kappa shape index (κ3) is 3.76. The highest BCUT2D eigenvalue weighted by atomic mass is 16.2. The molecular formula is C23H25N5O2. The molecule has 1 N–H and O–H groups in total. The highest BCUT2D eigenvalue weighted by molar-refractivity contribution is 5.81. The third-order valence-corrected chi connectivity index (χ3v) is 5.66. The molecule has 2 heterocycles. The van der Waals surface area contributed by atoms with Gasteiger partial charge in [-0.25, -0.2) is 9.78 Å². The van der Waals surface area contributed by atoms with Crippen LogP contribution in [0.1, 0.15) is 16.7 Å². The Morgan fingerprint density at radius 2 is 1.73 bits per heavy atom. The van der Waals surface area contributed by atoms with Crippen LogP contribution in [0.15, 0.2) is 52.1 Å². The quantitative estimate of drug-likeness (QED) is 0.517. The summed E-state index contributed by atoms with van der Waals surface area (Å²) in [6.45, 7) is 4.63. The Bertz CT molecular complexity index is 1290. The van der Waals surface area contributed by atoms with Crippen molar-refractivity contribution >= 4 is 11.0 Å². The van der Waals surface area contributed by atoms with Crippen LogP contribution in [0.25, 0.3) is 22.6 Å². The average molecular weight is 403 g/mol. The predicted molar refractivity (Wildman–Crippen MR) is 118 cm³/mol. The molecule has 30 heavy (non-hydrogen) atoms. The molecule has 7 heteroatoms. The second kappa shape index (κ2) is 7.84. The maximum absolute atomic E-state index is 12.5. The maximum atomic E-state index is 12.5. The molecule has 2 aromatic rings. The molecule has 7 nitrogen and oxygen atoms in total. The molecule has 0 saturated heterocycles. The van der Waals surface area contributed by atoms with Gasteiger partial charge in [0, 0.05) is 12.6 Å². The Balaban J connectivity index is 1.93. The summed E-state index contributed by atoms with van der Waals surface area (Å²) in [6.07, 6.45) is 0.824. The summed E-state index contributed by atoms with van der Waals surface area (Å²) in [5.41, 5.74) is 4.04. The first-order valence-electron chi connectivity index (χ1n) is 9.95. The monoisotopic (exact) mass is 403 g/mol. The first-order chi connectivity index (χ1) is 14.3. The van der Waals surface area contributed by atoms with Crippen LogP contribution in [0.2, 0.25) is 0 Å². The van der Waals surface area contributed by atoms with E-state index in [0.29, 0.717) is 17.9 Å². The van der Waals surface area contributed by atoms with E-state index in [1.165, 1.54) is 5.56 Å². The van der Waals surface area contributed by atoms with Crippen LogP contribution in [-0.2, 0) is 13.0 Å². The molecule has 0 radical (unpaired) electrons. The lowest BCUT2D eigenvalue weighted by Crippen LogP contribution is -2.36. The number of aromatic amines is 1. The fraction of sp³-hybridized carbons (Fsp3) is 0.304. The zero-order chi connectivity index (χ0) is 21.4. The second-order valence-electron chi connectivity index (χ2n) is 8.00. The molecule has 154 valence electrons. The number of nitrogens with one attached hydrogen (secondary N) is 1. The summed E-state index contributed by atoms with van der Waals surface area (Å²) in [4.78, 5) is 37.5. The van der Waals surface area contributed by atoms with Gasteiger partial charge in [0.25, 0.3) is 5.56 Å². The van der Waals surface area contributed by atoms with Crippen LogP contribution < -0.4 is 11.2 Å². The molecule has 0 bridgehead atoms. The standard InChI is InChI=1S/C23H25N5O2/c1-14-10-18-19(11-15(14)2)28(21-20(24-18)22(29)26-23(30)25-21)13-17(27(3)4)12-16-8-6-5-7-9-16/h5-11,17H,12-13H2,1-4H3,(H,26,29,30). The summed E-state index contributed by atoms with van der Waals surface area (Å²) >= 11 is 0. The van der Waals surface area contributed by atoms with Crippen molar-refractivity contribution in [2.24, 2.45) is 0 Å². The molecule has 2 aliphatic heterocycles. The Morgan fingerprint density at radius 3 is 2.43 bits per heavy atom. The van der Waals surface area contributed by atoms with Gasteiger partial charge in [0.05, 0.1) is 11.0 Å². The Hall–Kier alpha value is -3.32. The summed E-state index contributed by atoms with van der Waals surface area (Å²) in [5, 5.41) is 0. The number of H-pyrrole nitrogens is 1. The molecule has 2 aromatic carbocycles. The first kappa shape index (κ1) is 20.0. The molecular weight excluding hydrogens is 378 g/mol. The zero-order valence-corrected chi connectivity index (χ0v) is 17.6. The van der Waals surface area contributed by atoms with Gasteiger partial charge in [-0.1, -0.05) is 30.3 Å². The number of fused-ring (bicyclic) bond motifs is 2. The van der Waals surface area contributed by atoms with Crippen LogP contribution in [0, 0.1) is 13.8 Å². The lowest BCUT2D eigenvalue weighted by molar-refractivity contribution is 0.264. The molecule has 0 fully saturated rings. The van der Waals surface area contributed by atoms with Crippen molar-refractivity contribution in [2.75, 3.05) is 14.1 Å². The van der Waals surface area contributed by atoms with Crippen LogP contribution in [0.5, 0.6) is 0 Å². The normalized spacial score (nSPS) is 12.7. The van der Waals surface area contributed by atoms with Crippen molar-refractivity contribution in [1.29, 1.82) is 0 Å². The molecule has 0 saturated carbocycles. The smallest absolute Gasteiger partial charge is 0.321 e. The summed E-state index contributed by atoms with van der Waals surface area (Å²) in [6, 6.07) is 14.4. The van der Waals surface area contributed by atoms with Gasteiger partial charge in [0.15, 0.2) is 11.5 Å². The van der Waals surface area contributed by atoms with Crippen LogP contribution in [-0.4, -0.2) is 44.6 Å². The first-order valence-corrected chi connectivity index (χ1v) is 9.95. The van der Waals surface area contributed by atoms with Crippen molar-refractivity contribution < 1.29 is 0 Å². The lowest BCUT2D eigenvalue weighted by Gasteiger charge is -2.28. The molecule has 2 aliphatic rings. The van der Waals surface area contributed by atoms with Crippen molar-refractivity contribution in [1.82, 2.24) is 24.4 Å². The fourth-order valence-electron chi connectivity index (χ4n) is 3.74. The molecule has 0 amide bonds. The van der Waals surface area contributed by atoms with Crippen LogP contribution in [0.3, 0.4) is 0 Å². The number of aryl methyl sites for hydroxylation is 2. The number of nitrogens with zero attached hydrogens (tertiary/aromatic N) is 4. The van der Waals surface area contributed by atoms with Gasteiger partial charge in [-0.2, -0.15) is 4.98 Å². The van der Waals surface area contributed by atoms with E-state index in [1.54, 1.807) is 0 Å².